The van der Waals surface area contributed by atoms with Crippen LogP contribution in [-0.4, -0.2) is 25.0 Å². The van der Waals surface area contributed by atoms with Crippen molar-refractivity contribution >= 4 is 34.8 Å². The maximum atomic E-state index is 13.1. The van der Waals surface area contributed by atoms with Gasteiger partial charge in [-0.2, -0.15) is 0 Å². The lowest BCUT2D eigenvalue weighted by Gasteiger charge is -2.20. The first kappa shape index (κ1) is 27.1. The molecule has 6 nitrogen and oxygen atoms in total. The SMILES string of the molecule is COc1ccc(Cl)cc1NC(=O)C(C)Oc1ccc(C(=O)Nc2c(C(C)C)cccc2C(C)C)cc1. The molecule has 3 aromatic carbocycles. The average molecular weight is 509 g/mol. The fourth-order valence-corrected chi connectivity index (χ4v) is 4.01. The smallest absolute Gasteiger partial charge is 0.265 e. The van der Waals surface area contributed by atoms with Crippen molar-refractivity contribution < 1.29 is 19.1 Å². The van der Waals surface area contributed by atoms with E-state index in [4.69, 9.17) is 21.1 Å². The second-order valence-corrected chi connectivity index (χ2v) is 9.63. The number of carbonyl (C=O) groups is 2. The van der Waals surface area contributed by atoms with E-state index in [2.05, 4.69) is 50.5 Å². The predicted octanol–water partition coefficient (Wildman–Crippen LogP) is 7.25. The van der Waals surface area contributed by atoms with Crippen molar-refractivity contribution in [3.05, 3.63) is 82.4 Å². The Bertz CT molecular complexity index is 1200. The highest BCUT2D eigenvalue weighted by molar-refractivity contribution is 6.31. The Morgan fingerprint density at radius 3 is 2.00 bits per heavy atom. The summed E-state index contributed by atoms with van der Waals surface area (Å²) in [6.07, 6.45) is -0.792. The number of benzene rings is 3. The van der Waals surface area contributed by atoms with Crippen molar-refractivity contribution in [2.24, 2.45) is 0 Å². The second-order valence-electron chi connectivity index (χ2n) is 9.19. The quantitative estimate of drug-likeness (QED) is 0.319. The minimum atomic E-state index is -0.792. The molecular weight excluding hydrogens is 476 g/mol. The number of carbonyl (C=O) groups excluding carboxylic acids is 2. The summed E-state index contributed by atoms with van der Waals surface area (Å²) in [5.41, 5.74) is 4.03. The molecule has 2 N–H and O–H groups in total. The van der Waals surface area contributed by atoms with Crippen LogP contribution in [0.4, 0.5) is 11.4 Å². The standard InChI is InChI=1S/C29H33ClN2O4/c1-17(2)23-8-7-9-24(18(3)4)27(23)32-29(34)20-10-13-22(14-11-20)36-19(5)28(33)31-25-16-21(30)12-15-26(25)35-6/h7-19H,1-6H3,(H,31,33)(H,32,34). The Hall–Kier alpha value is -3.51. The molecule has 1 unspecified atom stereocenters. The third-order valence-electron chi connectivity index (χ3n) is 5.83. The molecule has 0 fully saturated rings. The van der Waals surface area contributed by atoms with E-state index in [0.717, 1.165) is 16.8 Å². The number of halogens is 1. The van der Waals surface area contributed by atoms with Crippen LogP contribution in [0, 0.1) is 0 Å². The van der Waals surface area contributed by atoms with Crippen molar-refractivity contribution in [3.63, 3.8) is 0 Å². The van der Waals surface area contributed by atoms with Gasteiger partial charge in [0.2, 0.25) is 0 Å². The van der Waals surface area contributed by atoms with Crippen LogP contribution in [0.3, 0.4) is 0 Å². The van der Waals surface area contributed by atoms with Gasteiger partial charge in [0.1, 0.15) is 11.5 Å². The topological polar surface area (TPSA) is 76.7 Å². The zero-order chi connectivity index (χ0) is 26.4. The highest BCUT2D eigenvalue weighted by atomic mass is 35.5. The Morgan fingerprint density at radius 2 is 1.44 bits per heavy atom. The van der Waals surface area contributed by atoms with Crippen molar-refractivity contribution in [3.8, 4) is 11.5 Å². The van der Waals surface area contributed by atoms with E-state index < -0.39 is 6.10 Å². The van der Waals surface area contributed by atoms with Gasteiger partial charge in [0.15, 0.2) is 6.10 Å². The summed E-state index contributed by atoms with van der Waals surface area (Å²) in [5, 5.41) is 6.36. The zero-order valence-corrected chi connectivity index (χ0v) is 22.3. The summed E-state index contributed by atoms with van der Waals surface area (Å²) >= 11 is 6.04. The normalized spacial score (nSPS) is 11.8. The third-order valence-corrected chi connectivity index (χ3v) is 6.06. The lowest BCUT2D eigenvalue weighted by molar-refractivity contribution is -0.122. The van der Waals surface area contributed by atoms with Gasteiger partial charge in [0, 0.05) is 16.3 Å². The number of amides is 2. The number of rotatable bonds is 9. The molecule has 0 saturated heterocycles. The fraction of sp³-hybridized carbons (Fsp3) is 0.310. The molecule has 36 heavy (non-hydrogen) atoms. The summed E-state index contributed by atoms with van der Waals surface area (Å²) in [4.78, 5) is 25.7. The molecule has 0 saturated carbocycles. The number of para-hydroxylation sites is 1. The molecule has 0 aromatic heterocycles. The number of methoxy groups -OCH3 is 1. The highest BCUT2D eigenvalue weighted by Crippen LogP contribution is 2.33. The lowest BCUT2D eigenvalue weighted by atomic mass is 9.92. The molecule has 190 valence electrons. The zero-order valence-electron chi connectivity index (χ0n) is 21.5. The van der Waals surface area contributed by atoms with Gasteiger partial charge in [-0.15, -0.1) is 0 Å². The first-order valence-electron chi connectivity index (χ1n) is 12.0. The molecular formula is C29H33ClN2O4. The molecule has 3 rings (SSSR count). The Morgan fingerprint density at radius 1 is 0.833 bits per heavy atom. The molecule has 0 spiro atoms. The minimum absolute atomic E-state index is 0.199. The summed E-state index contributed by atoms with van der Waals surface area (Å²) in [5.74, 6) is 0.954. The molecule has 0 aliphatic heterocycles. The van der Waals surface area contributed by atoms with Gasteiger partial charge in [-0.25, -0.2) is 0 Å². The summed E-state index contributed by atoms with van der Waals surface area (Å²) < 4.78 is 11.1. The minimum Gasteiger partial charge on any atom is -0.495 e. The van der Waals surface area contributed by atoms with Gasteiger partial charge < -0.3 is 20.1 Å². The monoisotopic (exact) mass is 508 g/mol. The average Bonchev–Trinajstić information content (AvgIpc) is 2.84. The van der Waals surface area contributed by atoms with Gasteiger partial charge in [0.05, 0.1) is 12.8 Å². The summed E-state index contributed by atoms with van der Waals surface area (Å²) in [6.45, 7) is 10.1. The molecule has 0 radical (unpaired) electrons. The second kappa shape index (κ2) is 12.0. The number of hydrogen-bond acceptors (Lipinski definition) is 4. The van der Waals surface area contributed by atoms with Crippen molar-refractivity contribution in [2.75, 3.05) is 17.7 Å². The van der Waals surface area contributed by atoms with Crippen molar-refractivity contribution in [2.45, 2.75) is 52.6 Å². The van der Waals surface area contributed by atoms with E-state index in [-0.39, 0.29) is 23.7 Å². The highest BCUT2D eigenvalue weighted by Gasteiger charge is 2.19. The molecule has 0 aliphatic carbocycles. The molecule has 2 amide bonds. The van der Waals surface area contributed by atoms with E-state index in [1.807, 2.05) is 6.07 Å². The molecule has 0 heterocycles. The first-order valence-corrected chi connectivity index (χ1v) is 12.3. The molecule has 0 bridgehead atoms. The van der Waals surface area contributed by atoms with E-state index in [1.165, 1.54) is 7.11 Å². The van der Waals surface area contributed by atoms with Crippen LogP contribution in [0.2, 0.25) is 5.02 Å². The van der Waals surface area contributed by atoms with Gasteiger partial charge in [0.25, 0.3) is 11.8 Å². The Kier molecular flexibility index (Phi) is 8.99. The Balaban J connectivity index is 1.69. The van der Waals surface area contributed by atoms with E-state index in [1.54, 1.807) is 49.4 Å². The van der Waals surface area contributed by atoms with Crippen LogP contribution >= 0.6 is 11.6 Å². The van der Waals surface area contributed by atoms with Crippen LogP contribution < -0.4 is 20.1 Å². The number of nitrogens with one attached hydrogen (secondary N) is 2. The first-order chi connectivity index (χ1) is 17.1. The fourth-order valence-electron chi connectivity index (χ4n) is 3.84. The van der Waals surface area contributed by atoms with Crippen molar-refractivity contribution in [1.82, 2.24) is 0 Å². The van der Waals surface area contributed by atoms with Crippen LogP contribution in [0.25, 0.3) is 0 Å². The van der Waals surface area contributed by atoms with Crippen LogP contribution in [0.5, 0.6) is 11.5 Å². The molecule has 7 heteroatoms. The van der Waals surface area contributed by atoms with Crippen molar-refractivity contribution in [1.29, 1.82) is 0 Å². The summed E-state index contributed by atoms with van der Waals surface area (Å²) in [6, 6.07) is 17.8. The van der Waals surface area contributed by atoms with Gasteiger partial charge in [-0.3, -0.25) is 9.59 Å². The van der Waals surface area contributed by atoms with Gasteiger partial charge >= 0.3 is 0 Å². The maximum Gasteiger partial charge on any atom is 0.265 e. The van der Waals surface area contributed by atoms with E-state index in [9.17, 15) is 9.59 Å². The predicted molar refractivity (Wildman–Crippen MR) is 146 cm³/mol. The Labute approximate surface area is 218 Å². The number of anilines is 2. The van der Waals surface area contributed by atoms with Crippen LogP contribution in [0.1, 0.15) is 67.9 Å². The number of ether oxygens (including phenoxy) is 2. The van der Waals surface area contributed by atoms with Gasteiger partial charge in [-0.1, -0.05) is 57.5 Å². The largest absolute Gasteiger partial charge is 0.495 e. The third kappa shape index (κ3) is 6.58. The molecule has 1 atom stereocenters. The van der Waals surface area contributed by atoms with Crippen LogP contribution in [0.15, 0.2) is 60.7 Å². The lowest BCUT2D eigenvalue weighted by Crippen LogP contribution is -2.30. The summed E-state index contributed by atoms with van der Waals surface area (Å²) in [7, 11) is 1.52. The maximum absolute atomic E-state index is 13.1. The number of hydrogen-bond donors (Lipinski definition) is 2. The van der Waals surface area contributed by atoms with E-state index >= 15 is 0 Å². The van der Waals surface area contributed by atoms with Gasteiger partial charge in [-0.05, 0) is 72.4 Å². The molecule has 0 aliphatic rings. The molecule has 3 aromatic rings. The van der Waals surface area contributed by atoms with Crippen LogP contribution in [-0.2, 0) is 4.79 Å². The van der Waals surface area contributed by atoms with E-state index in [0.29, 0.717) is 27.8 Å².